The fourth-order valence-electron chi connectivity index (χ4n) is 3.53. The Kier molecular flexibility index (Phi) is 7.38. The minimum atomic E-state index is -1.64. The van der Waals surface area contributed by atoms with Gasteiger partial charge < -0.3 is 16.4 Å². The highest BCUT2D eigenvalue weighted by atomic mass is 35.5. The molecule has 3 rings (SSSR count). The van der Waals surface area contributed by atoms with E-state index in [0.717, 1.165) is 17.8 Å². The average Bonchev–Trinajstić information content (AvgIpc) is 2.78. The van der Waals surface area contributed by atoms with Gasteiger partial charge in [-0.1, -0.05) is 29.4 Å². The maximum Gasteiger partial charge on any atom is 0.274 e. The molecule has 11 heteroatoms. The number of amidine groups is 1. The third-order valence-electron chi connectivity index (χ3n) is 5.05. The maximum atomic E-state index is 14.9. The number of amides is 2. The van der Waals surface area contributed by atoms with Gasteiger partial charge in [-0.05, 0) is 43.7 Å². The van der Waals surface area contributed by atoms with Gasteiger partial charge in [-0.15, -0.1) is 0 Å². The lowest BCUT2D eigenvalue weighted by molar-refractivity contribution is -0.116. The van der Waals surface area contributed by atoms with Gasteiger partial charge in [0, 0.05) is 35.3 Å². The van der Waals surface area contributed by atoms with Gasteiger partial charge in [0.1, 0.15) is 23.7 Å². The number of aromatic nitrogens is 1. The molecular weight excluding hydrogens is 472 g/mol. The zero-order valence-corrected chi connectivity index (χ0v) is 19.4. The molecule has 0 bridgehead atoms. The Balaban J connectivity index is 1.96. The number of aliphatic imine (C=N–C) groups is 1. The zero-order chi connectivity index (χ0) is 24.2. The minimum absolute atomic E-state index is 0.0302. The molecule has 2 amide bonds. The lowest BCUT2D eigenvalue weighted by Crippen LogP contribution is -2.43. The number of thioether (sulfide) groups is 1. The molecule has 2 heterocycles. The van der Waals surface area contributed by atoms with Crippen LogP contribution in [0.4, 0.5) is 14.5 Å². The van der Waals surface area contributed by atoms with Crippen molar-refractivity contribution in [2.75, 3.05) is 19.0 Å². The van der Waals surface area contributed by atoms with E-state index in [-0.39, 0.29) is 34.4 Å². The number of carbonyl (C=O) groups excluding carboxylic acids is 2. The van der Waals surface area contributed by atoms with Gasteiger partial charge in [0.25, 0.3) is 5.91 Å². The van der Waals surface area contributed by atoms with Crippen LogP contribution in [0, 0.1) is 5.82 Å². The summed E-state index contributed by atoms with van der Waals surface area (Å²) in [6.07, 6.45) is 4.27. The fourth-order valence-corrected chi connectivity index (χ4v) is 4.78. The number of hydrogen-bond donors (Lipinski definition) is 3. The summed E-state index contributed by atoms with van der Waals surface area (Å²) in [6.45, 7) is 0.726. The van der Waals surface area contributed by atoms with Crippen molar-refractivity contribution in [2.45, 2.75) is 23.6 Å². The first kappa shape index (κ1) is 24.7. The first-order valence-electron chi connectivity index (χ1n) is 9.84. The number of pyridine rings is 1. The van der Waals surface area contributed by atoms with E-state index >= 15 is 0 Å². The second-order valence-electron chi connectivity index (χ2n) is 7.66. The van der Waals surface area contributed by atoms with Crippen LogP contribution in [-0.2, 0) is 10.3 Å². The van der Waals surface area contributed by atoms with E-state index < -0.39 is 28.7 Å². The monoisotopic (exact) mass is 493 g/mol. The number of nitrogens with two attached hydrogens (primary N) is 1. The average molecular weight is 494 g/mol. The van der Waals surface area contributed by atoms with E-state index in [1.54, 1.807) is 13.0 Å². The van der Waals surface area contributed by atoms with Crippen LogP contribution in [0.15, 0.2) is 53.7 Å². The largest absolute Gasteiger partial charge is 0.378 e. The quantitative estimate of drug-likeness (QED) is 0.530. The number of nitrogens with one attached hydrogen (secondary N) is 2. The van der Waals surface area contributed by atoms with Crippen molar-refractivity contribution in [1.29, 1.82) is 0 Å². The number of halogens is 3. The molecule has 2 aromatic rings. The Morgan fingerprint density at radius 2 is 2.09 bits per heavy atom. The third kappa shape index (κ3) is 5.69. The van der Waals surface area contributed by atoms with Gasteiger partial charge in [-0.3, -0.25) is 9.59 Å². The van der Waals surface area contributed by atoms with Gasteiger partial charge in [-0.25, -0.2) is 18.8 Å². The van der Waals surface area contributed by atoms with Crippen molar-refractivity contribution in [3.8, 4) is 0 Å². The lowest BCUT2D eigenvalue weighted by Gasteiger charge is -2.40. The highest BCUT2D eigenvalue weighted by Crippen LogP contribution is 2.47. The van der Waals surface area contributed by atoms with Crippen LogP contribution in [0.1, 0.15) is 29.4 Å². The van der Waals surface area contributed by atoms with Crippen molar-refractivity contribution in [3.05, 3.63) is 70.8 Å². The van der Waals surface area contributed by atoms with E-state index in [0.29, 0.717) is 5.02 Å². The molecule has 1 aliphatic heterocycles. The number of nitrogens with zero attached hydrogens (tertiary/aromatic N) is 2. The van der Waals surface area contributed by atoms with E-state index in [9.17, 15) is 18.4 Å². The number of anilines is 1. The number of alkyl halides is 1. The molecule has 0 radical (unpaired) electrons. The van der Waals surface area contributed by atoms with E-state index in [1.807, 2.05) is 0 Å². The highest BCUT2D eigenvalue weighted by Gasteiger charge is 2.45. The molecule has 0 spiro atoms. The summed E-state index contributed by atoms with van der Waals surface area (Å²) < 4.78 is 28.6. The standard InChI is InChI=1S/C22H22ClF2N5O2S/c1-21(8-7-18(31)27-2)11-22(12-24,30-20(26)33-21)15-9-14(4-5-16(15)25)29-19(32)17-6-3-13(23)10-28-17/h3-10H,11-12H2,1-2H3,(H2,26,30)(H,27,31)(H,29,32)/b8-7+/t21-,22+/m0/s1. The molecule has 0 saturated heterocycles. The second kappa shape index (κ2) is 9.88. The molecule has 1 aliphatic rings. The Hall–Kier alpha value is -2.98. The van der Waals surface area contributed by atoms with Crippen LogP contribution in [0.5, 0.6) is 0 Å². The summed E-state index contributed by atoms with van der Waals surface area (Å²) in [5.41, 5.74) is 4.63. The molecule has 174 valence electrons. The van der Waals surface area contributed by atoms with Crippen LogP contribution in [0.2, 0.25) is 5.02 Å². The number of carbonyl (C=O) groups is 2. The molecule has 2 atom stereocenters. The maximum absolute atomic E-state index is 14.9. The molecule has 1 aromatic carbocycles. The number of benzene rings is 1. The Labute approximate surface area is 198 Å². The van der Waals surface area contributed by atoms with Crippen LogP contribution < -0.4 is 16.4 Å². The summed E-state index contributed by atoms with van der Waals surface area (Å²) in [7, 11) is 1.49. The normalized spacial score (nSPS) is 22.6. The number of likely N-dealkylation sites (N-methyl/N-ethyl adjacent to an activating group) is 1. The molecule has 0 aliphatic carbocycles. The van der Waals surface area contributed by atoms with Crippen molar-refractivity contribution < 1.29 is 18.4 Å². The van der Waals surface area contributed by atoms with Gasteiger partial charge in [0.05, 0.1) is 5.02 Å². The Morgan fingerprint density at radius 1 is 1.33 bits per heavy atom. The fraction of sp³-hybridized carbons (Fsp3) is 0.273. The Bertz CT molecular complexity index is 1130. The smallest absolute Gasteiger partial charge is 0.274 e. The van der Waals surface area contributed by atoms with Crippen LogP contribution in [0.25, 0.3) is 0 Å². The van der Waals surface area contributed by atoms with Crippen LogP contribution >= 0.6 is 23.4 Å². The Morgan fingerprint density at radius 3 is 2.73 bits per heavy atom. The molecule has 1 aromatic heterocycles. The van der Waals surface area contributed by atoms with E-state index in [1.165, 1.54) is 43.6 Å². The van der Waals surface area contributed by atoms with E-state index in [4.69, 9.17) is 17.3 Å². The molecule has 7 nitrogen and oxygen atoms in total. The lowest BCUT2D eigenvalue weighted by atomic mass is 9.82. The van der Waals surface area contributed by atoms with Crippen LogP contribution in [-0.4, -0.2) is 40.4 Å². The van der Waals surface area contributed by atoms with Gasteiger partial charge >= 0.3 is 0 Å². The van der Waals surface area contributed by atoms with E-state index in [2.05, 4.69) is 20.6 Å². The second-order valence-corrected chi connectivity index (χ2v) is 9.66. The summed E-state index contributed by atoms with van der Waals surface area (Å²) in [6, 6.07) is 6.77. The van der Waals surface area contributed by atoms with Crippen molar-refractivity contribution in [2.24, 2.45) is 10.7 Å². The zero-order valence-electron chi connectivity index (χ0n) is 17.9. The van der Waals surface area contributed by atoms with Crippen molar-refractivity contribution >= 4 is 46.0 Å². The van der Waals surface area contributed by atoms with Gasteiger partial charge in [0.2, 0.25) is 5.91 Å². The van der Waals surface area contributed by atoms with Crippen molar-refractivity contribution in [1.82, 2.24) is 10.3 Å². The number of hydrogen-bond acceptors (Lipinski definition) is 6. The predicted octanol–water partition coefficient (Wildman–Crippen LogP) is 3.80. The summed E-state index contributed by atoms with van der Waals surface area (Å²) in [5, 5.41) is 5.52. The van der Waals surface area contributed by atoms with Crippen LogP contribution in [0.3, 0.4) is 0 Å². The molecule has 33 heavy (non-hydrogen) atoms. The molecule has 0 fully saturated rings. The first-order chi connectivity index (χ1) is 15.6. The van der Waals surface area contributed by atoms with Gasteiger partial charge in [0.15, 0.2) is 5.17 Å². The summed E-state index contributed by atoms with van der Waals surface area (Å²) in [5.74, 6) is -1.58. The molecule has 0 unspecified atom stereocenters. The molecule has 4 N–H and O–H groups in total. The predicted molar refractivity (Wildman–Crippen MR) is 127 cm³/mol. The molecule has 0 saturated carbocycles. The molecular formula is C22H22ClF2N5O2S. The highest BCUT2D eigenvalue weighted by molar-refractivity contribution is 8.15. The topological polar surface area (TPSA) is 109 Å². The van der Waals surface area contributed by atoms with Gasteiger partial charge in [-0.2, -0.15) is 0 Å². The summed E-state index contributed by atoms with van der Waals surface area (Å²) in [4.78, 5) is 32.4. The third-order valence-corrected chi connectivity index (χ3v) is 6.32. The first-order valence-corrected chi connectivity index (χ1v) is 11.0. The SMILES string of the molecule is CNC(=O)/C=C/[C@@]1(C)C[C@@](CF)(c2cc(NC(=O)c3ccc(Cl)cn3)ccc2F)N=C(N)S1. The summed E-state index contributed by atoms with van der Waals surface area (Å²) >= 11 is 6.95. The minimum Gasteiger partial charge on any atom is -0.378 e. The number of rotatable bonds is 6. The van der Waals surface area contributed by atoms with Crippen molar-refractivity contribution in [3.63, 3.8) is 0 Å².